The molecule has 1 aromatic rings. The van der Waals surface area contributed by atoms with Gasteiger partial charge in [-0.25, -0.2) is 4.98 Å². The summed E-state index contributed by atoms with van der Waals surface area (Å²) in [6, 6.07) is 3.91. The van der Waals surface area contributed by atoms with Crippen LogP contribution in [0.5, 0.6) is 0 Å². The number of anilines is 1. The lowest BCUT2D eigenvalue weighted by molar-refractivity contribution is -0.116. The summed E-state index contributed by atoms with van der Waals surface area (Å²) < 4.78 is 0. The Morgan fingerprint density at radius 2 is 2.12 bits per heavy atom. The number of carbonyl (C=O) groups excluding carboxylic acids is 1. The van der Waals surface area contributed by atoms with Crippen LogP contribution in [-0.4, -0.2) is 10.8 Å². The molecule has 0 aliphatic heterocycles. The van der Waals surface area contributed by atoms with Crippen molar-refractivity contribution in [2.45, 2.75) is 32.6 Å². The highest BCUT2D eigenvalue weighted by Gasteiger charge is 2.14. The van der Waals surface area contributed by atoms with Gasteiger partial charge >= 0.3 is 0 Å². The number of aryl methyl sites for hydroxylation is 1. The molecule has 0 unspecified atom stereocenters. The maximum atomic E-state index is 11.5. The molecule has 0 amide bonds. The Bertz CT molecular complexity index is 406. The summed E-state index contributed by atoms with van der Waals surface area (Å²) in [6.07, 6.45) is 7.33. The van der Waals surface area contributed by atoms with Crippen LogP contribution in [-0.2, 0) is 4.79 Å². The lowest BCUT2D eigenvalue weighted by Gasteiger charge is -2.12. The number of hydrogen-bond acceptors (Lipinski definition) is 3. The van der Waals surface area contributed by atoms with Crippen molar-refractivity contribution >= 4 is 11.6 Å². The van der Waals surface area contributed by atoms with E-state index in [9.17, 15) is 4.79 Å². The second-order valence-electron chi connectivity index (χ2n) is 4.16. The van der Waals surface area contributed by atoms with Gasteiger partial charge in [0.05, 0.1) is 0 Å². The Balaban J connectivity index is 2.02. The minimum atomic E-state index is 0.269. The number of rotatable bonds is 2. The van der Waals surface area contributed by atoms with Crippen molar-refractivity contribution in [3.63, 3.8) is 0 Å². The molecule has 1 saturated carbocycles. The maximum Gasteiger partial charge on any atom is 0.160 e. The van der Waals surface area contributed by atoms with E-state index in [0.717, 1.165) is 36.2 Å². The molecular weight excluding hydrogens is 200 g/mol. The van der Waals surface area contributed by atoms with E-state index >= 15 is 0 Å². The van der Waals surface area contributed by atoms with Crippen molar-refractivity contribution in [2.24, 2.45) is 0 Å². The monoisotopic (exact) mass is 216 g/mol. The third-order valence-corrected chi connectivity index (χ3v) is 2.76. The van der Waals surface area contributed by atoms with E-state index in [1.54, 1.807) is 6.20 Å². The Labute approximate surface area is 95.6 Å². The summed E-state index contributed by atoms with van der Waals surface area (Å²) in [4.78, 5) is 15.8. The molecule has 0 spiro atoms. The molecule has 0 radical (unpaired) electrons. The minimum Gasteiger partial charge on any atom is -0.346 e. The van der Waals surface area contributed by atoms with Gasteiger partial charge in [0.1, 0.15) is 5.82 Å². The van der Waals surface area contributed by atoms with Crippen LogP contribution in [0.15, 0.2) is 30.1 Å². The fourth-order valence-electron chi connectivity index (χ4n) is 1.77. The second kappa shape index (κ2) is 4.92. The minimum absolute atomic E-state index is 0.269. The first-order valence-electron chi connectivity index (χ1n) is 5.67. The van der Waals surface area contributed by atoms with Crippen molar-refractivity contribution in [3.8, 4) is 0 Å². The summed E-state index contributed by atoms with van der Waals surface area (Å²) in [7, 11) is 0. The van der Waals surface area contributed by atoms with Crippen LogP contribution >= 0.6 is 0 Å². The molecule has 16 heavy (non-hydrogen) atoms. The van der Waals surface area contributed by atoms with Gasteiger partial charge in [-0.05, 0) is 37.8 Å². The van der Waals surface area contributed by atoms with E-state index in [-0.39, 0.29) is 5.78 Å². The molecule has 1 aliphatic carbocycles. The van der Waals surface area contributed by atoms with Crippen LogP contribution in [0.4, 0.5) is 5.82 Å². The van der Waals surface area contributed by atoms with Gasteiger partial charge in [0.2, 0.25) is 0 Å². The van der Waals surface area contributed by atoms with Gasteiger partial charge < -0.3 is 5.32 Å². The highest BCUT2D eigenvalue weighted by Crippen LogP contribution is 2.19. The van der Waals surface area contributed by atoms with Gasteiger partial charge in [0.15, 0.2) is 5.78 Å². The average Bonchev–Trinajstić information content (AvgIpc) is 2.30. The van der Waals surface area contributed by atoms with E-state index in [1.807, 2.05) is 25.3 Å². The quantitative estimate of drug-likeness (QED) is 0.773. The standard InChI is InChI=1S/C13H16N2O/c1-10-6-7-13(14-8-10)15-9-11-4-2-3-5-12(11)16/h6-9H,2-5H2,1H3,(H,14,15). The number of hydrogen-bond donors (Lipinski definition) is 1. The van der Waals surface area contributed by atoms with Crippen LogP contribution in [0, 0.1) is 6.92 Å². The van der Waals surface area contributed by atoms with Gasteiger partial charge in [0, 0.05) is 24.4 Å². The number of ketones is 1. The van der Waals surface area contributed by atoms with Gasteiger partial charge in [-0.2, -0.15) is 0 Å². The van der Waals surface area contributed by atoms with E-state index in [1.165, 1.54) is 0 Å². The van der Waals surface area contributed by atoms with E-state index < -0.39 is 0 Å². The molecule has 1 fully saturated rings. The number of nitrogens with zero attached hydrogens (tertiary/aromatic N) is 1. The molecule has 1 aromatic heterocycles. The van der Waals surface area contributed by atoms with Gasteiger partial charge in [-0.1, -0.05) is 6.07 Å². The van der Waals surface area contributed by atoms with Crippen molar-refractivity contribution < 1.29 is 4.79 Å². The number of Topliss-reactive ketones (excluding diaryl/α,β-unsaturated/α-hetero) is 1. The molecule has 3 heteroatoms. The summed E-state index contributed by atoms with van der Waals surface area (Å²) in [6.45, 7) is 2.00. The van der Waals surface area contributed by atoms with Crippen molar-refractivity contribution in [2.75, 3.05) is 5.32 Å². The molecule has 3 nitrogen and oxygen atoms in total. The normalized spacial score (nSPS) is 18.8. The van der Waals surface area contributed by atoms with Gasteiger partial charge in [-0.15, -0.1) is 0 Å². The maximum absolute atomic E-state index is 11.5. The first-order valence-corrected chi connectivity index (χ1v) is 5.67. The first kappa shape index (κ1) is 10.9. The predicted octanol–water partition coefficient (Wildman–Crippen LogP) is 2.83. The first-order chi connectivity index (χ1) is 7.75. The van der Waals surface area contributed by atoms with Crippen LogP contribution in [0.2, 0.25) is 0 Å². The molecule has 2 rings (SSSR count). The molecule has 0 saturated heterocycles. The molecule has 84 valence electrons. The molecule has 1 aliphatic rings. The lowest BCUT2D eigenvalue weighted by Crippen LogP contribution is -2.10. The molecular formula is C13H16N2O. The summed E-state index contributed by atoms with van der Waals surface area (Å²) in [5.74, 6) is 1.06. The summed E-state index contributed by atoms with van der Waals surface area (Å²) in [5, 5.41) is 3.08. The number of carbonyl (C=O) groups is 1. The zero-order valence-corrected chi connectivity index (χ0v) is 9.49. The Hall–Kier alpha value is -1.64. The highest BCUT2D eigenvalue weighted by atomic mass is 16.1. The fourth-order valence-corrected chi connectivity index (χ4v) is 1.77. The Morgan fingerprint density at radius 1 is 1.31 bits per heavy atom. The van der Waals surface area contributed by atoms with Crippen LogP contribution in [0.3, 0.4) is 0 Å². The number of pyridine rings is 1. The number of aromatic nitrogens is 1. The van der Waals surface area contributed by atoms with Crippen LogP contribution in [0.1, 0.15) is 31.2 Å². The van der Waals surface area contributed by atoms with Crippen LogP contribution < -0.4 is 5.32 Å². The van der Waals surface area contributed by atoms with Crippen molar-refractivity contribution in [1.29, 1.82) is 0 Å². The number of nitrogens with one attached hydrogen (secondary N) is 1. The molecule has 0 atom stereocenters. The van der Waals surface area contributed by atoms with E-state index in [4.69, 9.17) is 0 Å². The predicted molar refractivity (Wildman–Crippen MR) is 64.2 cm³/mol. The zero-order chi connectivity index (χ0) is 11.4. The van der Waals surface area contributed by atoms with E-state index in [0.29, 0.717) is 6.42 Å². The Morgan fingerprint density at radius 3 is 2.81 bits per heavy atom. The largest absolute Gasteiger partial charge is 0.346 e. The molecule has 1 N–H and O–H groups in total. The third kappa shape index (κ3) is 2.69. The van der Waals surface area contributed by atoms with Crippen LogP contribution in [0.25, 0.3) is 0 Å². The van der Waals surface area contributed by atoms with Crippen molar-refractivity contribution in [3.05, 3.63) is 35.7 Å². The van der Waals surface area contributed by atoms with Crippen molar-refractivity contribution in [1.82, 2.24) is 4.98 Å². The lowest BCUT2D eigenvalue weighted by atomic mass is 9.94. The SMILES string of the molecule is Cc1ccc(NC=C2CCCCC2=O)nc1. The second-order valence-corrected chi connectivity index (χ2v) is 4.16. The smallest absolute Gasteiger partial charge is 0.160 e. The third-order valence-electron chi connectivity index (χ3n) is 2.76. The number of allylic oxidation sites excluding steroid dienone is 1. The average molecular weight is 216 g/mol. The summed E-state index contributed by atoms with van der Waals surface area (Å²) in [5.41, 5.74) is 2.03. The fraction of sp³-hybridized carbons (Fsp3) is 0.385. The molecule has 0 aromatic carbocycles. The topological polar surface area (TPSA) is 42.0 Å². The van der Waals surface area contributed by atoms with E-state index in [2.05, 4.69) is 10.3 Å². The van der Waals surface area contributed by atoms with Gasteiger partial charge in [-0.3, -0.25) is 4.79 Å². The highest BCUT2D eigenvalue weighted by molar-refractivity contribution is 5.96. The molecule has 0 bridgehead atoms. The van der Waals surface area contributed by atoms with Gasteiger partial charge in [0.25, 0.3) is 0 Å². The Kier molecular flexibility index (Phi) is 3.34. The summed E-state index contributed by atoms with van der Waals surface area (Å²) >= 11 is 0. The zero-order valence-electron chi connectivity index (χ0n) is 9.49. The molecule has 1 heterocycles.